The maximum absolute atomic E-state index is 11.9. The van der Waals surface area contributed by atoms with E-state index in [-0.39, 0.29) is 11.5 Å². The average molecular weight is 403 g/mol. The Morgan fingerprint density at radius 3 is 2.54 bits per heavy atom. The second-order valence-electron chi connectivity index (χ2n) is 7.97. The fourth-order valence-electron chi connectivity index (χ4n) is 3.97. The molecule has 0 spiro atoms. The lowest BCUT2D eigenvalue weighted by molar-refractivity contribution is 0.0693. The van der Waals surface area contributed by atoms with E-state index in [2.05, 4.69) is 17.1 Å². The number of aromatic carboxylic acids is 1. The molecule has 0 bridgehead atoms. The number of carboxylic acid groups (broad SMARTS) is 1. The minimum Gasteiger partial charge on any atom is -0.478 e. The van der Waals surface area contributed by atoms with Gasteiger partial charge in [-0.05, 0) is 41.3 Å². The van der Waals surface area contributed by atoms with Gasteiger partial charge in [0.2, 0.25) is 0 Å². The lowest BCUT2D eigenvalue weighted by Crippen LogP contribution is -2.51. The van der Waals surface area contributed by atoms with Crippen LogP contribution in [-0.4, -0.2) is 42.5 Å². The number of aliphatic hydroxyl groups excluding tert-OH is 1. The summed E-state index contributed by atoms with van der Waals surface area (Å²) in [4.78, 5) is 14.1. The number of aliphatic hydroxyl groups is 1. The number of nitrogens with one attached hydrogen (secondary N) is 1. The Balaban J connectivity index is 1.48. The third-order valence-corrected chi connectivity index (χ3v) is 7.05. The second-order valence-corrected chi connectivity index (χ2v) is 8.85. The molecule has 1 aliphatic carbocycles. The van der Waals surface area contributed by atoms with Crippen molar-refractivity contribution in [3.63, 3.8) is 0 Å². The van der Waals surface area contributed by atoms with Crippen LogP contribution in [0.3, 0.4) is 0 Å². The van der Waals surface area contributed by atoms with E-state index < -0.39 is 12.2 Å². The van der Waals surface area contributed by atoms with Crippen LogP contribution < -0.4 is 10.2 Å². The standard InChI is InChI=1S/C21H26N2O4S/c1-21(8-3-9-21)16-12-28-19(17(16)20(25)26)22-18(24)13-4-6-14(7-5-13)23-10-15(11-23)27-2/h4-7,12,15,18,22,24H,3,8-11H2,1-2H3,(H,25,26). The fraction of sp³-hybridized carbons (Fsp3) is 0.476. The van der Waals surface area contributed by atoms with Gasteiger partial charge in [-0.1, -0.05) is 25.5 Å². The van der Waals surface area contributed by atoms with Crippen LogP contribution in [0, 0.1) is 0 Å². The van der Waals surface area contributed by atoms with Gasteiger partial charge in [0.05, 0.1) is 11.7 Å². The highest BCUT2D eigenvalue weighted by atomic mass is 32.1. The van der Waals surface area contributed by atoms with Gasteiger partial charge in [-0.15, -0.1) is 11.3 Å². The van der Waals surface area contributed by atoms with Crippen molar-refractivity contribution in [1.82, 2.24) is 0 Å². The predicted molar refractivity (Wildman–Crippen MR) is 111 cm³/mol. The molecule has 28 heavy (non-hydrogen) atoms. The van der Waals surface area contributed by atoms with E-state index in [9.17, 15) is 15.0 Å². The molecule has 2 heterocycles. The lowest BCUT2D eigenvalue weighted by atomic mass is 9.66. The van der Waals surface area contributed by atoms with Crippen molar-refractivity contribution < 1.29 is 19.7 Å². The number of rotatable bonds is 7. The molecule has 4 rings (SSSR count). The Kier molecular flexibility index (Phi) is 5.07. The summed E-state index contributed by atoms with van der Waals surface area (Å²) >= 11 is 1.35. The molecule has 6 nitrogen and oxygen atoms in total. The van der Waals surface area contributed by atoms with E-state index >= 15 is 0 Å². The molecule has 0 amide bonds. The topological polar surface area (TPSA) is 82.0 Å². The minimum absolute atomic E-state index is 0.0615. The van der Waals surface area contributed by atoms with E-state index in [1.807, 2.05) is 29.6 Å². The number of carboxylic acids is 1. The number of methoxy groups -OCH3 is 1. The third-order valence-electron chi connectivity index (χ3n) is 6.14. The van der Waals surface area contributed by atoms with Crippen molar-refractivity contribution >= 4 is 28.0 Å². The molecule has 2 fully saturated rings. The largest absolute Gasteiger partial charge is 0.478 e. The maximum Gasteiger partial charge on any atom is 0.339 e. The third kappa shape index (κ3) is 3.38. The van der Waals surface area contributed by atoms with E-state index in [4.69, 9.17) is 4.74 Å². The summed E-state index contributed by atoms with van der Waals surface area (Å²) in [5, 5.41) is 25.8. The molecule has 1 saturated carbocycles. The van der Waals surface area contributed by atoms with Gasteiger partial charge < -0.3 is 25.2 Å². The van der Waals surface area contributed by atoms with Crippen LogP contribution in [0.4, 0.5) is 10.7 Å². The number of thiophene rings is 1. The Bertz CT molecular complexity index is 854. The minimum atomic E-state index is -0.962. The van der Waals surface area contributed by atoms with E-state index in [1.165, 1.54) is 11.3 Å². The molecule has 7 heteroatoms. The fourth-order valence-corrected chi connectivity index (χ4v) is 5.10. The zero-order valence-electron chi connectivity index (χ0n) is 16.1. The van der Waals surface area contributed by atoms with Crippen molar-refractivity contribution in [2.75, 3.05) is 30.4 Å². The molecule has 150 valence electrons. The van der Waals surface area contributed by atoms with Gasteiger partial charge in [0.15, 0.2) is 6.23 Å². The van der Waals surface area contributed by atoms with Gasteiger partial charge in [0, 0.05) is 31.5 Å². The predicted octanol–water partition coefficient (Wildman–Crippen LogP) is 3.83. The van der Waals surface area contributed by atoms with Crippen molar-refractivity contribution in [2.24, 2.45) is 0 Å². The van der Waals surface area contributed by atoms with Crippen molar-refractivity contribution in [1.29, 1.82) is 0 Å². The van der Waals surface area contributed by atoms with Crippen LogP contribution in [0.5, 0.6) is 0 Å². The van der Waals surface area contributed by atoms with Gasteiger partial charge >= 0.3 is 5.97 Å². The van der Waals surface area contributed by atoms with Crippen LogP contribution in [0.25, 0.3) is 0 Å². The molecular formula is C21H26N2O4S. The van der Waals surface area contributed by atoms with Crippen LogP contribution >= 0.6 is 11.3 Å². The molecule has 0 radical (unpaired) electrons. The summed E-state index contributed by atoms with van der Waals surface area (Å²) in [7, 11) is 1.72. The first-order chi connectivity index (χ1) is 13.4. The number of hydrogen-bond donors (Lipinski definition) is 3. The molecule has 1 aromatic carbocycles. The maximum atomic E-state index is 11.9. The van der Waals surface area contributed by atoms with Crippen molar-refractivity contribution in [2.45, 2.75) is 43.9 Å². The number of hydrogen-bond acceptors (Lipinski definition) is 6. The van der Waals surface area contributed by atoms with E-state index in [1.54, 1.807) is 7.11 Å². The summed E-state index contributed by atoms with van der Waals surface area (Å²) in [5.74, 6) is -0.945. The molecule has 1 unspecified atom stereocenters. The summed E-state index contributed by atoms with van der Waals surface area (Å²) in [5.41, 5.74) is 2.91. The SMILES string of the molecule is COC1CN(c2ccc(C(O)Nc3scc(C4(C)CCC4)c3C(=O)O)cc2)C1. The Morgan fingerprint density at radius 1 is 1.32 bits per heavy atom. The summed E-state index contributed by atoms with van der Waals surface area (Å²) < 4.78 is 5.30. The Hall–Kier alpha value is -2.09. The summed E-state index contributed by atoms with van der Waals surface area (Å²) in [6.07, 6.45) is 2.47. The number of anilines is 2. The molecule has 1 atom stereocenters. The molecule has 1 aliphatic heterocycles. The molecule has 1 saturated heterocycles. The average Bonchev–Trinajstić information content (AvgIpc) is 3.03. The highest BCUT2D eigenvalue weighted by molar-refractivity contribution is 7.14. The van der Waals surface area contributed by atoms with Crippen molar-refractivity contribution in [3.8, 4) is 0 Å². The first-order valence-electron chi connectivity index (χ1n) is 9.59. The zero-order chi connectivity index (χ0) is 19.9. The number of benzene rings is 1. The second kappa shape index (κ2) is 7.39. The zero-order valence-corrected chi connectivity index (χ0v) is 17.0. The highest BCUT2D eigenvalue weighted by Crippen LogP contribution is 2.48. The van der Waals surface area contributed by atoms with Gasteiger partial charge in [-0.2, -0.15) is 0 Å². The van der Waals surface area contributed by atoms with Crippen LogP contribution in [0.15, 0.2) is 29.6 Å². The van der Waals surface area contributed by atoms with Crippen LogP contribution in [0.2, 0.25) is 0 Å². The lowest BCUT2D eigenvalue weighted by Gasteiger charge is -2.40. The normalized spacial score (nSPS) is 19.6. The van der Waals surface area contributed by atoms with E-state index in [0.29, 0.717) is 16.1 Å². The Labute approximate surface area is 168 Å². The van der Waals surface area contributed by atoms with Gasteiger partial charge in [0.25, 0.3) is 0 Å². The van der Waals surface area contributed by atoms with Crippen molar-refractivity contribution in [3.05, 3.63) is 46.3 Å². The molecule has 3 N–H and O–H groups in total. The van der Waals surface area contributed by atoms with E-state index in [0.717, 1.165) is 43.6 Å². The van der Waals surface area contributed by atoms with Crippen LogP contribution in [0.1, 0.15) is 53.9 Å². The first-order valence-corrected chi connectivity index (χ1v) is 10.5. The summed E-state index contributed by atoms with van der Waals surface area (Å²) in [6.45, 7) is 3.86. The van der Waals surface area contributed by atoms with Gasteiger partial charge in [-0.25, -0.2) is 4.79 Å². The summed E-state index contributed by atoms with van der Waals surface area (Å²) in [6, 6.07) is 7.68. The smallest absolute Gasteiger partial charge is 0.339 e. The Morgan fingerprint density at radius 2 is 2.00 bits per heavy atom. The number of carbonyl (C=O) groups is 1. The van der Waals surface area contributed by atoms with Gasteiger partial charge in [0.1, 0.15) is 5.00 Å². The van der Waals surface area contributed by atoms with Gasteiger partial charge in [-0.3, -0.25) is 0 Å². The first kappa shape index (κ1) is 19.2. The van der Waals surface area contributed by atoms with Crippen LogP contribution in [-0.2, 0) is 10.2 Å². The molecule has 2 aliphatic rings. The molecule has 1 aromatic heterocycles. The number of ether oxygens (including phenoxy) is 1. The highest BCUT2D eigenvalue weighted by Gasteiger charge is 2.38. The monoisotopic (exact) mass is 402 g/mol. The quantitative estimate of drug-likeness (QED) is 0.611. The number of nitrogens with zero attached hydrogens (tertiary/aromatic N) is 1. The molecular weight excluding hydrogens is 376 g/mol. The molecule has 2 aromatic rings.